The van der Waals surface area contributed by atoms with Crippen LogP contribution >= 0.6 is 0 Å². The van der Waals surface area contributed by atoms with Gasteiger partial charge in [-0.3, -0.25) is 4.79 Å². The van der Waals surface area contributed by atoms with E-state index in [9.17, 15) is 9.59 Å². The molecule has 1 saturated heterocycles. The molecule has 1 aromatic heterocycles. The van der Waals surface area contributed by atoms with Crippen molar-refractivity contribution in [2.75, 3.05) is 19.6 Å². The van der Waals surface area contributed by atoms with Crippen LogP contribution in [0.2, 0.25) is 0 Å². The Morgan fingerprint density at radius 3 is 3.00 bits per heavy atom. The van der Waals surface area contributed by atoms with Gasteiger partial charge in [-0.25, -0.2) is 4.79 Å². The van der Waals surface area contributed by atoms with Crippen LogP contribution in [0.3, 0.4) is 0 Å². The molecule has 1 fully saturated rings. The van der Waals surface area contributed by atoms with Crippen molar-refractivity contribution < 1.29 is 14.7 Å². The van der Waals surface area contributed by atoms with Crippen LogP contribution in [0.15, 0.2) is 18.3 Å². The number of carboxylic acid groups (broad SMARTS) is 1. The summed E-state index contributed by atoms with van der Waals surface area (Å²) >= 11 is 0. The summed E-state index contributed by atoms with van der Waals surface area (Å²) in [4.78, 5) is 25.0. The van der Waals surface area contributed by atoms with E-state index in [1.165, 1.54) is 4.90 Å². The van der Waals surface area contributed by atoms with E-state index in [-0.39, 0.29) is 5.91 Å². The first-order valence-corrected chi connectivity index (χ1v) is 6.04. The molecule has 0 radical (unpaired) electrons. The molecule has 1 atom stereocenters. The van der Waals surface area contributed by atoms with E-state index in [4.69, 9.17) is 5.11 Å². The topological polar surface area (TPSA) is 74.6 Å². The van der Waals surface area contributed by atoms with Crippen molar-refractivity contribution in [2.24, 2.45) is 0 Å². The largest absolute Gasteiger partial charge is 0.480 e. The molecule has 2 rings (SSSR count). The number of rotatable bonds is 3. The number of nitrogens with zero attached hydrogens (tertiary/aromatic N) is 2. The fourth-order valence-electron chi connectivity index (χ4n) is 2.20. The van der Waals surface area contributed by atoms with Gasteiger partial charge in [0.1, 0.15) is 11.7 Å². The molecule has 98 valence electrons. The minimum absolute atomic E-state index is 0.212. The number of amides is 1. The van der Waals surface area contributed by atoms with Gasteiger partial charge < -0.3 is 19.9 Å². The fourth-order valence-corrected chi connectivity index (χ4v) is 2.20. The second kappa shape index (κ2) is 5.22. The summed E-state index contributed by atoms with van der Waals surface area (Å²) in [6.45, 7) is 3.99. The summed E-state index contributed by atoms with van der Waals surface area (Å²) in [6, 6.07) is 2.74. The van der Waals surface area contributed by atoms with E-state index in [2.05, 4.69) is 5.32 Å². The first-order chi connectivity index (χ1) is 8.65. The van der Waals surface area contributed by atoms with Crippen LogP contribution in [0.4, 0.5) is 0 Å². The number of aryl methyl sites for hydroxylation is 1. The second-order valence-corrected chi connectivity index (χ2v) is 4.24. The molecule has 1 unspecified atom stereocenters. The molecular formula is C12H17N3O3. The van der Waals surface area contributed by atoms with Crippen molar-refractivity contribution in [1.82, 2.24) is 14.8 Å². The molecule has 18 heavy (non-hydrogen) atoms. The van der Waals surface area contributed by atoms with Crippen molar-refractivity contribution in [3.8, 4) is 0 Å². The first kappa shape index (κ1) is 12.6. The Balaban J connectivity index is 2.23. The highest BCUT2D eigenvalue weighted by Crippen LogP contribution is 2.12. The Morgan fingerprint density at radius 2 is 2.33 bits per heavy atom. The standard InChI is InChI=1S/C12H17N3O3/c1-2-14-6-3-4-9(14)11(16)15-7-5-13-8-10(15)12(17)18/h3-4,6,10,13H,2,5,7-8H2,1H3,(H,17,18). The lowest BCUT2D eigenvalue weighted by Crippen LogP contribution is -2.57. The first-order valence-electron chi connectivity index (χ1n) is 6.04. The average Bonchev–Trinajstić information content (AvgIpc) is 2.86. The van der Waals surface area contributed by atoms with Crippen molar-refractivity contribution in [2.45, 2.75) is 19.5 Å². The summed E-state index contributed by atoms with van der Waals surface area (Å²) in [7, 11) is 0. The summed E-state index contributed by atoms with van der Waals surface area (Å²) in [5, 5.41) is 12.1. The van der Waals surface area contributed by atoms with Gasteiger partial charge in [0, 0.05) is 32.4 Å². The van der Waals surface area contributed by atoms with E-state index in [0.717, 1.165) is 0 Å². The number of carbonyl (C=O) groups is 2. The van der Waals surface area contributed by atoms with Gasteiger partial charge in [0.05, 0.1) is 0 Å². The summed E-state index contributed by atoms with van der Waals surface area (Å²) in [5.74, 6) is -1.18. The number of aliphatic carboxylic acids is 1. The van der Waals surface area contributed by atoms with E-state index < -0.39 is 12.0 Å². The molecule has 2 N–H and O–H groups in total. The monoisotopic (exact) mass is 251 g/mol. The number of hydrogen-bond acceptors (Lipinski definition) is 3. The maximum absolute atomic E-state index is 12.4. The number of carboxylic acids is 1. The average molecular weight is 251 g/mol. The van der Waals surface area contributed by atoms with Gasteiger partial charge in [-0.05, 0) is 19.1 Å². The van der Waals surface area contributed by atoms with Gasteiger partial charge in [0.25, 0.3) is 5.91 Å². The van der Waals surface area contributed by atoms with Gasteiger partial charge in [-0.15, -0.1) is 0 Å². The molecule has 1 amide bonds. The molecular weight excluding hydrogens is 234 g/mol. The lowest BCUT2D eigenvalue weighted by molar-refractivity contribution is -0.142. The summed E-state index contributed by atoms with van der Waals surface area (Å²) in [5.41, 5.74) is 0.547. The van der Waals surface area contributed by atoms with Gasteiger partial charge >= 0.3 is 5.97 Å². The summed E-state index contributed by atoms with van der Waals surface area (Å²) < 4.78 is 1.82. The van der Waals surface area contributed by atoms with E-state index in [1.54, 1.807) is 12.1 Å². The molecule has 0 aromatic carbocycles. The van der Waals surface area contributed by atoms with Crippen LogP contribution in [0, 0.1) is 0 Å². The zero-order valence-corrected chi connectivity index (χ0v) is 10.3. The van der Waals surface area contributed by atoms with Gasteiger partial charge in [-0.1, -0.05) is 0 Å². The molecule has 0 spiro atoms. The van der Waals surface area contributed by atoms with Crippen molar-refractivity contribution in [3.63, 3.8) is 0 Å². The Hall–Kier alpha value is -1.82. The fraction of sp³-hybridized carbons (Fsp3) is 0.500. The van der Waals surface area contributed by atoms with Crippen molar-refractivity contribution in [1.29, 1.82) is 0 Å². The van der Waals surface area contributed by atoms with Crippen LogP contribution in [0.25, 0.3) is 0 Å². The van der Waals surface area contributed by atoms with E-state index in [0.29, 0.717) is 31.9 Å². The van der Waals surface area contributed by atoms with E-state index >= 15 is 0 Å². The van der Waals surface area contributed by atoms with Crippen molar-refractivity contribution >= 4 is 11.9 Å². The normalized spacial score (nSPS) is 19.8. The molecule has 0 aliphatic carbocycles. The number of aromatic nitrogens is 1. The van der Waals surface area contributed by atoms with Gasteiger partial charge in [-0.2, -0.15) is 0 Å². The van der Waals surface area contributed by atoms with Crippen LogP contribution < -0.4 is 5.32 Å². The molecule has 1 aliphatic heterocycles. The highest BCUT2D eigenvalue weighted by molar-refractivity contribution is 5.95. The molecule has 6 heteroatoms. The Morgan fingerprint density at radius 1 is 1.56 bits per heavy atom. The second-order valence-electron chi connectivity index (χ2n) is 4.24. The van der Waals surface area contributed by atoms with Crippen LogP contribution in [-0.4, -0.2) is 52.1 Å². The van der Waals surface area contributed by atoms with E-state index in [1.807, 2.05) is 17.7 Å². The minimum Gasteiger partial charge on any atom is -0.480 e. The highest BCUT2D eigenvalue weighted by atomic mass is 16.4. The Bertz CT molecular complexity index is 455. The Kier molecular flexibility index (Phi) is 3.66. The van der Waals surface area contributed by atoms with Gasteiger partial charge in [0.2, 0.25) is 0 Å². The molecule has 1 aromatic rings. The smallest absolute Gasteiger partial charge is 0.327 e. The molecule has 1 aliphatic rings. The number of carbonyl (C=O) groups excluding carboxylic acids is 1. The zero-order valence-electron chi connectivity index (χ0n) is 10.3. The maximum atomic E-state index is 12.4. The number of nitrogens with one attached hydrogen (secondary N) is 1. The third-order valence-corrected chi connectivity index (χ3v) is 3.18. The maximum Gasteiger partial charge on any atom is 0.327 e. The van der Waals surface area contributed by atoms with Gasteiger partial charge in [0.15, 0.2) is 0 Å². The molecule has 2 heterocycles. The molecule has 0 saturated carbocycles. The predicted octanol–water partition coefficient (Wildman–Crippen LogP) is 0.00660. The van der Waals surface area contributed by atoms with Crippen LogP contribution in [0.1, 0.15) is 17.4 Å². The molecule has 6 nitrogen and oxygen atoms in total. The number of hydrogen-bond donors (Lipinski definition) is 2. The predicted molar refractivity (Wildman–Crippen MR) is 65.4 cm³/mol. The Labute approximate surface area is 105 Å². The lowest BCUT2D eigenvalue weighted by Gasteiger charge is -2.33. The van der Waals surface area contributed by atoms with Crippen LogP contribution in [0.5, 0.6) is 0 Å². The SMILES string of the molecule is CCn1cccc1C(=O)N1CCNCC1C(=O)O. The van der Waals surface area contributed by atoms with Crippen LogP contribution in [-0.2, 0) is 11.3 Å². The third kappa shape index (κ3) is 2.24. The lowest BCUT2D eigenvalue weighted by atomic mass is 10.1. The number of piperazine rings is 1. The molecule has 0 bridgehead atoms. The highest BCUT2D eigenvalue weighted by Gasteiger charge is 2.33. The minimum atomic E-state index is -0.967. The summed E-state index contributed by atoms with van der Waals surface area (Å²) in [6.07, 6.45) is 1.82. The van der Waals surface area contributed by atoms with Crippen molar-refractivity contribution in [3.05, 3.63) is 24.0 Å². The zero-order chi connectivity index (χ0) is 13.1. The third-order valence-electron chi connectivity index (χ3n) is 3.18. The quantitative estimate of drug-likeness (QED) is 0.793.